The van der Waals surface area contributed by atoms with Gasteiger partial charge in [-0.3, -0.25) is 0 Å². The van der Waals surface area contributed by atoms with Gasteiger partial charge >= 0.3 is 0 Å². The molecule has 1 saturated carbocycles. The van der Waals surface area contributed by atoms with Gasteiger partial charge in [-0.25, -0.2) is 0 Å². The lowest BCUT2D eigenvalue weighted by atomic mass is 10.1. The highest BCUT2D eigenvalue weighted by Crippen LogP contribution is 2.35. The van der Waals surface area contributed by atoms with E-state index in [1.807, 2.05) is 12.1 Å². The number of phenols is 1. The molecule has 0 amide bonds. The summed E-state index contributed by atoms with van der Waals surface area (Å²) in [5.41, 5.74) is 1.09. The normalized spacial score (nSPS) is 22.7. The fourth-order valence-electron chi connectivity index (χ4n) is 2.49. The van der Waals surface area contributed by atoms with Crippen LogP contribution in [0.4, 0.5) is 0 Å². The van der Waals surface area contributed by atoms with Crippen LogP contribution in [0.1, 0.15) is 24.8 Å². The van der Waals surface area contributed by atoms with Crippen LogP contribution < -0.4 is 10.1 Å². The van der Waals surface area contributed by atoms with Gasteiger partial charge in [-0.1, -0.05) is 0 Å². The fourth-order valence-corrected chi connectivity index (χ4v) is 2.98. The zero-order valence-electron chi connectivity index (χ0n) is 11.3. The lowest BCUT2D eigenvalue weighted by molar-refractivity contribution is 0.107. The van der Waals surface area contributed by atoms with Crippen molar-refractivity contribution in [3.63, 3.8) is 0 Å². The Bertz CT molecular complexity index is 439. The molecule has 0 saturated heterocycles. The summed E-state index contributed by atoms with van der Waals surface area (Å²) in [6.45, 7) is 0.760. The van der Waals surface area contributed by atoms with Crippen LogP contribution in [0.3, 0.4) is 0 Å². The highest BCUT2D eigenvalue weighted by molar-refractivity contribution is 9.10. The summed E-state index contributed by atoms with van der Waals surface area (Å²) in [5.74, 6) is 0.638. The van der Waals surface area contributed by atoms with Crippen molar-refractivity contribution < 1.29 is 14.6 Å². The smallest absolute Gasteiger partial charge is 0.172 e. The third kappa shape index (κ3) is 3.61. The fraction of sp³-hybridized carbons (Fsp3) is 0.571. The number of nitrogens with one attached hydrogen (secondary N) is 1. The molecule has 1 aromatic carbocycles. The van der Waals surface area contributed by atoms with Crippen LogP contribution in [-0.4, -0.2) is 31.5 Å². The molecule has 2 unspecified atom stereocenters. The minimum atomic E-state index is 0.145. The molecular formula is C14H20BrNO3. The van der Waals surface area contributed by atoms with Crippen LogP contribution in [-0.2, 0) is 11.3 Å². The monoisotopic (exact) mass is 329 g/mol. The van der Waals surface area contributed by atoms with Gasteiger partial charge in [0.2, 0.25) is 0 Å². The van der Waals surface area contributed by atoms with E-state index >= 15 is 0 Å². The average Bonchev–Trinajstić information content (AvgIpc) is 2.88. The van der Waals surface area contributed by atoms with Gasteiger partial charge in [-0.2, -0.15) is 0 Å². The van der Waals surface area contributed by atoms with E-state index in [0.29, 0.717) is 22.4 Å². The van der Waals surface area contributed by atoms with E-state index in [0.717, 1.165) is 31.4 Å². The maximum atomic E-state index is 9.76. The van der Waals surface area contributed by atoms with E-state index in [1.165, 1.54) is 0 Å². The molecule has 1 fully saturated rings. The molecule has 2 N–H and O–H groups in total. The molecule has 0 radical (unpaired) electrons. The number of hydrogen-bond acceptors (Lipinski definition) is 4. The summed E-state index contributed by atoms with van der Waals surface area (Å²) >= 11 is 3.33. The summed E-state index contributed by atoms with van der Waals surface area (Å²) in [6.07, 6.45) is 3.72. The predicted molar refractivity (Wildman–Crippen MR) is 77.6 cm³/mol. The third-order valence-electron chi connectivity index (χ3n) is 3.62. The molecule has 5 heteroatoms. The molecule has 2 atom stereocenters. The summed E-state index contributed by atoms with van der Waals surface area (Å²) in [4.78, 5) is 0. The first-order valence-corrected chi connectivity index (χ1v) is 7.25. The maximum absolute atomic E-state index is 9.76. The second-order valence-corrected chi connectivity index (χ2v) is 5.73. The minimum Gasteiger partial charge on any atom is -0.503 e. The van der Waals surface area contributed by atoms with Crippen molar-refractivity contribution in [1.29, 1.82) is 0 Å². The molecule has 0 bridgehead atoms. The van der Waals surface area contributed by atoms with E-state index in [9.17, 15) is 5.11 Å². The Kier molecular flexibility index (Phi) is 5.07. The van der Waals surface area contributed by atoms with Gasteiger partial charge < -0.3 is 19.9 Å². The molecular weight excluding hydrogens is 310 g/mol. The topological polar surface area (TPSA) is 50.7 Å². The number of rotatable bonds is 5. The van der Waals surface area contributed by atoms with Gasteiger partial charge in [-0.05, 0) is 52.9 Å². The molecule has 0 aromatic heterocycles. The zero-order chi connectivity index (χ0) is 13.8. The molecule has 0 aliphatic heterocycles. The van der Waals surface area contributed by atoms with Gasteiger partial charge in [0.05, 0.1) is 17.7 Å². The number of benzene rings is 1. The third-order valence-corrected chi connectivity index (χ3v) is 4.23. The summed E-state index contributed by atoms with van der Waals surface area (Å²) < 4.78 is 11.2. The van der Waals surface area contributed by atoms with Crippen LogP contribution in [0.2, 0.25) is 0 Å². The number of methoxy groups -OCH3 is 2. The summed E-state index contributed by atoms with van der Waals surface area (Å²) in [7, 11) is 3.33. The SMILES string of the molecule is COc1cc(CNC2CCC(OC)C2)cc(Br)c1O. The van der Waals surface area contributed by atoms with E-state index in [-0.39, 0.29) is 5.75 Å². The molecule has 1 aromatic rings. The quantitative estimate of drug-likeness (QED) is 0.872. The molecule has 0 heterocycles. The lowest BCUT2D eigenvalue weighted by Gasteiger charge is -2.14. The summed E-state index contributed by atoms with van der Waals surface area (Å²) in [6, 6.07) is 4.27. The largest absolute Gasteiger partial charge is 0.503 e. The van der Waals surface area contributed by atoms with E-state index in [2.05, 4.69) is 21.2 Å². The van der Waals surface area contributed by atoms with E-state index in [1.54, 1.807) is 14.2 Å². The average molecular weight is 330 g/mol. The van der Waals surface area contributed by atoms with E-state index in [4.69, 9.17) is 9.47 Å². The first-order chi connectivity index (χ1) is 9.13. The highest BCUT2D eigenvalue weighted by Gasteiger charge is 2.23. The van der Waals surface area contributed by atoms with Crippen LogP contribution in [0.15, 0.2) is 16.6 Å². The standard InChI is InChI=1S/C14H20BrNO3/c1-18-11-4-3-10(7-11)16-8-9-5-12(15)14(17)13(6-9)19-2/h5-6,10-11,16-17H,3-4,7-8H2,1-2H3. The van der Waals surface area contributed by atoms with Gasteiger partial charge in [0.1, 0.15) is 0 Å². The maximum Gasteiger partial charge on any atom is 0.172 e. The van der Waals surface area contributed by atoms with Crippen molar-refractivity contribution in [2.24, 2.45) is 0 Å². The second-order valence-electron chi connectivity index (χ2n) is 4.88. The van der Waals surface area contributed by atoms with E-state index < -0.39 is 0 Å². The number of ether oxygens (including phenoxy) is 2. The molecule has 2 rings (SSSR count). The Labute approximate surface area is 122 Å². The van der Waals surface area contributed by atoms with Crippen molar-refractivity contribution in [2.75, 3.05) is 14.2 Å². The van der Waals surface area contributed by atoms with Crippen LogP contribution in [0.5, 0.6) is 11.5 Å². The molecule has 1 aliphatic carbocycles. The molecule has 4 nitrogen and oxygen atoms in total. The lowest BCUT2D eigenvalue weighted by Crippen LogP contribution is -2.26. The Morgan fingerprint density at radius 3 is 2.79 bits per heavy atom. The van der Waals surface area contributed by atoms with Crippen molar-refractivity contribution in [3.05, 3.63) is 22.2 Å². The highest BCUT2D eigenvalue weighted by atomic mass is 79.9. The minimum absolute atomic E-state index is 0.145. The Hall–Kier alpha value is -0.780. The molecule has 19 heavy (non-hydrogen) atoms. The second kappa shape index (κ2) is 6.59. The van der Waals surface area contributed by atoms with Gasteiger partial charge in [0.15, 0.2) is 11.5 Å². The van der Waals surface area contributed by atoms with Crippen molar-refractivity contribution in [2.45, 2.75) is 38.0 Å². The van der Waals surface area contributed by atoms with Crippen molar-refractivity contribution >= 4 is 15.9 Å². The number of aromatic hydroxyl groups is 1. The Morgan fingerprint density at radius 2 is 2.16 bits per heavy atom. The van der Waals surface area contributed by atoms with Crippen molar-refractivity contribution in [1.82, 2.24) is 5.32 Å². The number of hydrogen-bond donors (Lipinski definition) is 2. The van der Waals surface area contributed by atoms with Crippen LogP contribution >= 0.6 is 15.9 Å². The summed E-state index contributed by atoms with van der Waals surface area (Å²) in [5, 5.41) is 13.3. The van der Waals surface area contributed by atoms with Gasteiger partial charge in [0.25, 0.3) is 0 Å². The Balaban J connectivity index is 1.95. The first-order valence-electron chi connectivity index (χ1n) is 6.45. The number of phenolic OH excluding ortho intramolecular Hbond substituents is 1. The predicted octanol–water partition coefficient (Wildman–Crippen LogP) is 2.82. The molecule has 1 aliphatic rings. The number of halogens is 1. The molecule has 0 spiro atoms. The van der Waals surface area contributed by atoms with Gasteiger partial charge in [-0.15, -0.1) is 0 Å². The van der Waals surface area contributed by atoms with Crippen molar-refractivity contribution in [3.8, 4) is 11.5 Å². The van der Waals surface area contributed by atoms with Crippen LogP contribution in [0.25, 0.3) is 0 Å². The van der Waals surface area contributed by atoms with Gasteiger partial charge in [0, 0.05) is 19.7 Å². The first kappa shape index (κ1) is 14.6. The Morgan fingerprint density at radius 1 is 1.37 bits per heavy atom. The zero-order valence-corrected chi connectivity index (χ0v) is 12.9. The van der Waals surface area contributed by atoms with Crippen LogP contribution in [0, 0.1) is 0 Å². The molecule has 106 valence electrons.